The molecule has 0 fully saturated rings. The quantitative estimate of drug-likeness (QED) is 0.852. The number of methoxy groups -OCH3 is 2. The molecule has 0 spiro atoms. The van der Waals surface area contributed by atoms with Crippen molar-refractivity contribution in [1.82, 2.24) is 4.98 Å². The number of benzene rings is 1. The van der Waals surface area contributed by atoms with Crippen molar-refractivity contribution in [3.63, 3.8) is 0 Å². The maximum Gasteiger partial charge on any atom is 0.432 e. The van der Waals surface area contributed by atoms with Crippen LogP contribution in [0.4, 0.5) is 13.2 Å². The zero-order valence-electron chi connectivity index (χ0n) is 11.1. The summed E-state index contributed by atoms with van der Waals surface area (Å²) in [6, 6.07) is 4.31. The number of rotatable bonds is 3. The molecule has 1 unspecified atom stereocenters. The first-order chi connectivity index (χ1) is 9.75. The van der Waals surface area contributed by atoms with Crippen LogP contribution in [-0.2, 0) is 15.1 Å². The van der Waals surface area contributed by atoms with E-state index in [1.54, 1.807) is 0 Å². The van der Waals surface area contributed by atoms with Gasteiger partial charge in [-0.1, -0.05) is 0 Å². The predicted octanol–water partition coefficient (Wildman–Crippen LogP) is 2.10. The van der Waals surface area contributed by atoms with Crippen LogP contribution in [0.25, 0.3) is 10.9 Å². The molecule has 1 aromatic heterocycles. The van der Waals surface area contributed by atoms with E-state index in [1.807, 2.05) is 0 Å². The molecule has 114 valence electrons. The molecule has 2 aromatic rings. The molecule has 0 aliphatic carbocycles. The van der Waals surface area contributed by atoms with Gasteiger partial charge in [-0.05, 0) is 18.2 Å². The minimum Gasteiger partial charge on any atom is -0.497 e. The number of aliphatic hydroxyl groups is 1. The lowest BCUT2D eigenvalue weighted by Crippen LogP contribution is -2.49. The van der Waals surface area contributed by atoms with Gasteiger partial charge in [0, 0.05) is 22.7 Å². The second-order valence-corrected chi connectivity index (χ2v) is 4.31. The van der Waals surface area contributed by atoms with Crippen molar-refractivity contribution in [2.24, 2.45) is 0 Å². The highest BCUT2D eigenvalue weighted by atomic mass is 19.4. The highest BCUT2D eigenvalue weighted by Gasteiger charge is 2.63. The molecule has 0 saturated heterocycles. The maximum atomic E-state index is 13.2. The van der Waals surface area contributed by atoms with Crippen LogP contribution >= 0.6 is 0 Å². The predicted molar refractivity (Wildman–Crippen MR) is 66.8 cm³/mol. The van der Waals surface area contributed by atoms with Crippen molar-refractivity contribution in [1.29, 1.82) is 0 Å². The van der Waals surface area contributed by atoms with Crippen molar-refractivity contribution < 1.29 is 32.5 Å². The Balaban J connectivity index is 2.74. The van der Waals surface area contributed by atoms with Gasteiger partial charge in [0.25, 0.3) is 5.60 Å². The van der Waals surface area contributed by atoms with Gasteiger partial charge in [0.15, 0.2) is 0 Å². The molecule has 0 radical (unpaired) electrons. The van der Waals surface area contributed by atoms with Crippen molar-refractivity contribution in [2.45, 2.75) is 11.8 Å². The molecule has 0 saturated carbocycles. The zero-order chi connectivity index (χ0) is 15.8. The highest BCUT2D eigenvalue weighted by molar-refractivity contribution is 5.92. The van der Waals surface area contributed by atoms with Crippen LogP contribution in [0.5, 0.6) is 5.75 Å². The Morgan fingerprint density at radius 3 is 2.48 bits per heavy atom. The minimum absolute atomic E-state index is 0.0135. The summed E-state index contributed by atoms with van der Waals surface area (Å²) in [5.41, 5.74) is -4.08. The third-order valence-corrected chi connectivity index (χ3v) is 3.17. The van der Waals surface area contributed by atoms with Gasteiger partial charge in [0.2, 0.25) is 0 Å². The Bertz CT molecular complexity index is 680. The number of alkyl halides is 3. The molecule has 0 aliphatic rings. The minimum atomic E-state index is -5.24. The number of nitrogens with one attached hydrogen (secondary N) is 1. The summed E-state index contributed by atoms with van der Waals surface area (Å²) < 4.78 is 48.7. The van der Waals surface area contributed by atoms with Crippen molar-refractivity contribution in [2.75, 3.05) is 14.2 Å². The Hall–Kier alpha value is -2.22. The number of halogens is 3. The second-order valence-electron chi connectivity index (χ2n) is 4.31. The summed E-state index contributed by atoms with van der Waals surface area (Å²) in [7, 11) is 2.12. The number of aromatic nitrogens is 1. The van der Waals surface area contributed by atoms with Crippen molar-refractivity contribution in [3.05, 3.63) is 30.0 Å². The SMILES string of the molecule is COC(=O)C(O)(c1c[nH]c2ccc(OC)cc12)C(F)(F)F. The van der Waals surface area contributed by atoms with Gasteiger partial charge >= 0.3 is 12.1 Å². The average molecular weight is 303 g/mol. The van der Waals surface area contributed by atoms with E-state index in [0.717, 1.165) is 13.3 Å². The Morgan fingerprint density at radius 2 is 1.95 bits per heavy atom. The van der Waals surface area contributed by atoms with Gasteiger partial charge in [-0.25, -0.2) is 4.79 Å². The summed E-state index contributed by atoms with van der Waals surface area (Å²) in [5.74, 6) is -1.52. The van der Waals surface area contributed by atoms with Crippen LogP contribution in [-0.4, -0.2) is 36.5 Å². The number of carbonyl (C=O) groups is 1. The number of ether oxygens (including phenoxy) is 2. The molecule has 5 nitrogen and oxygen atoms in total. The third-order valence-electron chi connectivity index (χ3n) is 3.17. The number of hydrogen-bond acceptors (Lipinski definition) is 4. The van der Waals surface area contributed by atoms with Crippen molar-refractivity contribution in [3.8, 4) is 5.75 Å². The fourth-order valence-electron chi connectivity index (χ4n) is 2.05. The first-order valence-electron chi connectivity index (χ1n) is 5.78. The largest absolute Gasteiger partial charge is 0.497 e. The van der Waals surface area contributed by atoms with Crippen LogP contribution < -0.4 is 4.74 Å². The first kappa shape index (κ1) is 15.2. The molecular weight excluding hydrogens is 291 g/mol. The normalized spacial score (nSPS) is 14.8. The number of aromatic amines is 1. The smallest absolute Gasteiger partial charge is 0.432 e. The molecule has 0 bridgehead atoms. The molecule has 0 amide bonds. The van der Waals surface area contributed by atoms with Gasteiger partial charge in [-0.2, -0.15) is 13.2 Å². The first-order valence-corrected chi connectivity index (χ1v) is 5.78. The van der Waals surface area contributed by atoms with E-state index in [4.69, 9.17) is 4.74 Å². The fraction of sp³-hybridized carbons (Fsp3) is 0.308. The summed E-state index contributed by atoms with van der Waals surface area (Å²) >= 11 is 0. The van der Waals surface area contributed by atoms with Gasteiger partial charge in [-0.15, -0.1) is 0 Å². The molecule has 1 aromatic carbocycles. The van der Waals surface area contributed by atoms with Crippen LogP contribution in [0.15, 0.2) is 24.4 Å². The summed E-state index contributed by atoms with van der Waals surface area (Å²) in [4.78, 5) is 14.1. The molecule has 1 atom stereocenters. The third kappa shape index (κ3) is 2.21. The number of carbonyl (C=O) groups excluding carboxylic acids is 1. The van der Waals surface area contributed by atoms with E-state index >= 15 is 0 Å². The van der Waals surface area contributed by atoms with Crippen LogP contribution in [0.1, 0.15) is 5.56 Å². The monoisotopic (exact) mass is 303 g/mol. The van der Waals surface area contributed by atoms with E-state index in [9.17, 15) is 23.1 Å². The van der Waals surface area contributed by atoms with Gasteiger partial charge in [0.1, 0.15) is 5.75 Å². The average Bonchev–Trinajstić information content (AvgIpc) is 2.87. The summed E-state index contributed by atoms with van der Waals surface area (Å²) in [5, 5.41) is 9.99. The van der Waals surface area contributed by atoms with E-state index in [2.05, 4.69) is 9.72 Å². The van der Waals surface area contributed by atoms with Crippen molar-refractivity contribution >= 4 is 16.9 Å². The molecule has 1 heterocycles. The lowest BCUT2D eigenvalue weighted by atomic mass is 9.92. The molecule has 8 heteroatoms. The van der Waals surface area contributed by atoms with E-state index in [0.29, 0.717) is 5.52 Å². The topological polar surface area (TPSA) is 71.5 Å². The second kappa shape index (κ2) is 4.96. The molecule has 0 aliphatic heterocycles. The molecule has 2 N–H and O–H groups in total. The number of hydrogen-bond donors (Lipinski definition) is 2. The fourth-order valence-corrected chi connectivity index (χ4v) is 2.05. The Kier molecular flexibility index (Phi) is 3.58. The van der Waals surface area contributed by atoms with Gasteiger partial charge in [-0.3, -0.25) is 0 Å². The van der Waals surface area contributed by atoms with Crippen LogP contribution in [0.2, 0.25) is 0 Å². The number of fused-ring (bicyclic) bond motifs is 1. The standard InChI is InChI=1S/C13H12F3NO4/c1-20-7-3-4-10-8(5-7)9(6-17-10)12(19,11(18)21-2)13(14,15)16/h3-6,17,19H,1-2H3. The van der Waals surface area contributed by atoms with Crippen LogP contribution in [0.3, 0.4) is 0 Å². The number of H-pyrrole nitrogens is 1. The Morgan fingerprint density at radius 1 is 1.29 bits per heavy atom. The molecule has 21 heavy (non-hydrogen) atoms. The molecular formula is C13H12F3NO4. The summed E-state index contributed by atoms with van der Waals surface area (Å²) in [6.07, 6.45) is -4.31. The zero-order valence-corrected chi connectivity index (χ0v) is 11.1. The summed E-state index contributed by atoms with van der Waals surface area (Å²) in [6.45, 7) is 0. The maximum absolute atomic E-state index is 13.2. The number of esters is 1. The van der Waals surface area contributed by atoms with E-state index in [-0.39, 0.29) is 11.1 Å². The lowest BCUT2D eigenvalue weighted by molar-refractivity contribution is -0.266. The van der Waals surface area contributed by atoms with E-state index < -0.39 is 23.3 Å². The Labute approximate surface area is 117 Å². The van der Waals surface area contributed by atoms with Gasteiger partial charge < -0.3 is 19.6 Å². The van der Waals surface area contributed by atoms with E-state index in [1.165, 1.54) is 25.3 Å². The van der Waals surface area contributed by atoms with Crippen LogP contribution in [0, 0.1) is 0 Å². The lowest BCUT2D eigenvalue weighted by Gasteiger charge is -2.27. The van der Waals surface area contributed by atoms with Gasteiger partial charge in [0.05, 0.1) is 14.2 Å². The molecule has 2 rings (SSSR count). The highest BCUT2D eigenvalue weighted by Crippen LogP contribution is 2.43.